The molecule has 1 aliphatic carbocycles. The Bertz CT molecular complexity index is 375. The SMILES string of the molecule is CC(C)C[C@H]1CN(C(=O)C2CC2)[C@@H](CC(C)C)C(=O)N1. The molecular formula is C16H28N2O2. The van der Waals surface area contributed by atoms with Crippen LogP contribution in [0.4, 0.5) is 0 Å². The van der Waals surface area contributed by atoms with Crippen LogP contribution >= 0.6 is 0 Å². The van der Waals surface area contributed by atoms with Crippen molar-refractivity contribution < 1.29 is 9.59 Å². The Hall–Kier alpha value is -1.06. The molecule has 4 nitrogen and oxygen atoms in total. The third-order valence-electron chi connectivity index (χ3n) is 4.10. The topological polar surface area (TPSA) is 49.4 Å². The van der Waals surface area contributed by atoms with Crippen LogP contribution in [0.2, 0.25) is 0 Å². The van der Waals surface area contributed by atoms with Gasteiger partial charge in [0.2, 0.25) is 11.8 Å². The highest BCUT2D eigenvalue weighted by Crippen LogP contribution is 2.33. The van der Waals surface area contributed by atoms with Crippen molar-refractivity contribution in [3.8, 4) is 0 Å². The van der Waals surface area contributed by atoms with Crippen molar-refractivity contribution in [1.29, 1.82) is 0 Å². The molecule has 1 aliphatic heterocycles. The van der Waals surface area contributed by atoms with E-state index in [1.54, 1.807) is 0 Å². The van der Waals surface area contributed by atoms with E-state index in [0.29, 0.717) is 18.4 Å². The van der Waals surface area contributed by atoms with E-state index in [0.717, 1.165) is 25.7 Å². The third-order valence-corrected chi connectivity index (χ3v) is 4.10. The maximum absolute atomic E-state index is 12.5. The van der Waals surface area contributed by atoms with E-state index in [2.05, 4.69) is 33.0 Å². The first-order chi connectivity index (χ1) is 9.38. The van der Waals surface area contributed by atoms with Gasteiger partial charge in [-0.25, -0.2) is 0 Å². The Kier molecular flexibility index (Phi) is 4.71. The fraction of sp³-hybridized carbons (Fsp3) is 0.875. The van der Waals surface area contributed by atoms with Crippen LogP contribution in [0.1, 0.15) is 53.4 Å². The molecule has 0 bridgehead atoms. The predicted octanol–water partition coefficient (Wildman–Crippen LogP) is 2.18. The molecule has 1 saturated carbocycles. The molecule has 1 saturated heterocycles. The van der Waals surface area contributed by atoms with Gasteiger partial charge in [-0.05, 0) is 37.5 Å². The lowest BCUT2D eigenvalue weighted by molar-refractivity contribution is -0.146. The van der Waals surface area contributed by atoms with E-state index in [1.165, 1.54) is 0 Å². The molecule has 20 heavy (non-hydrogen) atoms. The fourth-order valence-electron chi connectivity index (χ4n) is 3.04. The van der Waals surface area contributed by atoms with Gasteiger partial charge in [-0.1, -0.05) is 27.7 Å². The van der Waals surface area contributed by atoms with Crippen molar-refractivity contribution in [3.05, 3.63) is 0 Å². The number of carbonyl (C=O) groups is 2. The summed E-state index contributed by atoms with van der Waals surface area (Å²) in [5, 5.41) is 3.11. The summed E-state index contributed by atoms with van der Waals surface area (Å²) in [6, 6.07) is -0.139. The summed E-state index contributed by atoms with van der Waals surface area (Å²) < 4.78 is 0. The number of rotatable bonds is 5. The van der Waals surface area contributed by atoms with Crippen LogP contribution in [0, 0.1) is 17.8 Å². The van der Waals surface area contributed by atoms with Crippen molar-refractivity contribution in [2.45, 2.75) is 65.5 Å². The molecule has 0 unspecified atom stereocenters. The largest absolute Gasteiger partial charge is 0.350 e. The van der Waals surface area contributed by atoms with E-state index in [9.17, 15) is 9.59 Å². The van der Waals surface area contributed by atoms with Gasteiger partial charge in [-0.3, -0.25) is 9.59 Å². The zero-order valence-electron chi connectivity index (χ0n) is 13.2. The average Bonchev–Trinajstić information content (AvgIpc) is 3.14. The molecule has 2 fully saturated rings. The normalized spacial score (nSPS) is 27.1. The smallest absolute Gasteiger partial charge is 0.243 e. The minimum absolute atomic E-state index is 0.0459. The van der Waals surface area contributed by atoms with Crippen molar-refractivity contribution in [2.24, 2.45) is 17.8 Å². The fourth-order valence-corrected chi connectivity index (χ4v) is 3.04. The lowest BCUT2D eigenvalue weighted by Gasteiger charge is -2.40. The molecule has 0 aromatic heterocycles. The number of carbonyl (C=O) groups excluding carboxylic acids is 2. The van der Waals surface area contributed by atoms with Crippen LogP contribution in [0.3, 0.4) is 0 Å². The molecule has 1 N–H and O–H groups in total. The highest BCUT2D eigenvalue weighted by atomic mass is 16.2. The van der Waals surface area contributed by atoms with Gasteiger partial charge in [-0.2, -0.15) is 0 Å². The van der Waals surface area contributed by atoms with Crippen molar-refractivity contribution in [3.63, 3.8) is 0 Å². The van der Waals surface area contributed by atoms with Crippen LogP contribution < -0.4 is 5.32 Å². The molecule has 2 amide bonds. The lowest BCUT2D eigenvalue weighted by atomic mass is 9.94. The van der Waals surface area contributed by atoms with Crippen molar-refractivity contribution >= 4 is 11.8 Å². The number of amides is 2. The van der Waals surface area contributed by atoms with Gasteiger partial charge in [0.1, 0.15) is 6.04 Å². The van der Waals surface area contributed by atoms with E-state index >= 15 is 0 Å². The zero-order chi connectivity index (χ0) is 14.9. The summed E-state index contributed by atoms with van der Waals surface area (Å²) in [6.07, 6.45) is 3.70. The molecule has 0 aromatic rings. The molecule has 1 heterocycles. The Morgan fingerprint density at radius 1 is 1.20 bits per heavy atom. The molecule has 4 heteroatoms. The number of nitrogens with zero attached hydrogens (tertiary/aromatic N) is 1. The van der Waals surface area contributed by atoms with Gasteiger partial charge in [-0.15, -0.1) is 0 Å². The standard InChI is InChI=1S/C16H28N2O2/c1-10(2)7-13-9-18(16(20)12-5-6-12)14(8-11(3)4)15(19)17-13/h10-14H,5-9H2,1-4H3,(H,17,19)/t13-,14-/m0/s1. The minimum Gasteiger partial charge on any atom is -0.350 e. The molecule has 114 valence electrons. The summed E-state index contributed by atoms with van der Waals surface area (Å²) in [6.45, 7) is 9.20. The number of nitrogens with one attached hydrogen (secondary N) is 1. The van der Waals surface area contributed by atoms with E-state index in [-0.39, 0.29) is 29.8 Å². The summed E-state index contributed by atoms with van der Waals surface area (Å²) in [7, 11) is 0. The van der Waals surface area contributed by atoms with Crippen LogP contribution in [0.5, 0.6) is 0 Å². The molecule has 2 atom stereocenters. The van der Waals surface area contributed by atoms with E-state index < -0.39 is 0 Å². The molecule has 2 rings (SSSR count). The van der Waals surface area contributed by atoms with Crippen molar-refractivity contribution in [2.75, 3.05) is 6.54 Å². The highest BCUT2D eigenvalue weighted by Gasteiger charge is 2.42. The first-order valence-corrected chi connectivity index (χ1v) is 7.99. The maximum Gasteiger partial charge on any atom is 0.243 e. The summed E-state index contributed by atoms with van der Waals surface area (Å²) >= 11 is 0. The Labute approximate surface area is 122 Å². The second kappa shape index (κ2) is 6.15. The molecule has 0 radical (unpaired) electrons. The quantitative estimate of drug-likeness (QED) is 0.839. The number of piperazine rings is 1. The van der Waals surface area contributed by atoms with Crippen LogP contribution in [-0.4, -0.2) is 35.3 Å². The molecular weight excluding hydrogens is 252 g/mol. The summed E-state index contributed by atoms with van der Waals surface area (Å²) in [4.78, 5) is 26.7. The van der Waals surface area contributed by atoms with Gasteiger partial charge in [0.15, 0.2) is 0 Å². The van der Waals surface area contributed by atoms with Crippen LogP contribution in [-0.2, 0) is 9.59 Å². The summed E-state index contributed by atoms with van der Waals surface area (Å²) in [5.74, 6) is 1.39. The second-order valence-electron chi connectivity index (χ2n) is 7.25. The first-order valence-electron chi connectivity index (χ1n) is 7.99. The number of hydrogen-bond donors (Lipinski definition) is 1. The van der Waals surface area contributed by atoms with Gasteiger partial charge in [0.25, 0.3) is 0 Å². The lowest BCUT2D eigenvalue weighted by Crippen LogP contribution is -2.62. The molecule has 2 aliphatic rings. The highest BCUT2D eigenvalue weighted by molar-refractivity contribution is 5.90. The second-order valence-corrected chi connectivity index (χ2v) is 7.25. The molecule has 0 aromatic carbocycles. The summed E-state index contributed by atoms with van der Waals surface area (Å²) in [5.41, 5.74) is 0. The number of hydrogen-bond acceptors (Lipinski definition) is 2. The zero-order valence-corrected chi connectivity index (χ0v) is 13.2. The first kappa shape index (κ1) is 15.3. The Morgan fingerprint density at radius 2 is 1.80 bits per heavy atom. The Balaban J connectivity index is 2.09. The Morgan fingerprint density at radius 3 is 2.30 bits per heavy atom. The monoisotopic (exact) mass is 280 g/mol. The van der Waals surface area contributed by atoms with Gasteiger partial charge in [0, 0.05) is 18.5 Å². The van der Waals surface area contributed by atoms with Crippen LogP contribution in [0.25, 0.3) is 0 Å². The minimum atomic E-state index is -0.258. The van der Waals surface area contributed by atoms with Gasteiger partial charge < -0.3 is 10.2 Å². The predicted molar refractivity (Wildman–Crippen MR) is 79.1 cm³/mol. The van der Waals surface area contributed by atoms with Crippen LogP contribution in [0.15, 0.2) is 0 Å². The van der Waals surface area contributed by atoms with E-state index in [4.69, 9.17) is 0 Å². The van der Waals surface area contributed by atoms with Gasteiger partial charge in [0.05, 0.1) is 0 Å². The van der Waals surface area contributed by atoms with Gasteiger partial charge >= 0.3 is 0 Å². The average molecular weight is 280 g/mol. The maximum atomic E-state index is 12.5. The van der Waals surface area contributed by atoms with Crippen molar-refractivity contribution in [1.82, 2.24) is 10.2 Å². The molecule has 0 spiro atoms. The third kappa shape index (κ3) is 3.74. The van der Waals surface area contributed by atoms with E-state index in [1.807, 2.05) is 4.90 Å².